The molecule has 0 bridgehead atoms. The molecule has 142 valence electrons. The second-order valence-electron chi connectivity index (χ2n) is 6.94. The highest BCUT2D eigenvalue weighted by Gasteiger charge is 2.22. The number of nitrogens with zero attached hydrogens (tertiary/aromatic N) is 1. The van der Waals surface area contributed by atoms with Gasteiger partial charge in [-0.25, -0.2) is 0 Å². The van der Waals surface area contributed by atoms with Gasteiger partial charge < -0.3 is 0 Å². The first kappa shape index (κ1) is 20.1. The minimum Gasteiger partial charge on any atom is -0.295 e. The highest BCUT2D eigenvalue weighted by Crippen LogP contribution is 2.29. The first-order valence-electron chi connectivity index (χ1n) is 9.32. The zero-order valence-corrected chi connectivity index (χ0v) is 16.8. The van der Waals surface area contributed by atoms with Crippen molar-refractivity contribution in [3.8, 4) is 0 Å². The minimum atomic E-state index is -0.0644. The lowest BCUT2D eigenvalue weighted by atomic mass is 9.94. The smallest absolute Gasteiger partial charge is 0.164 e. The number of hydrogen-bond donors (Lipinski definition) is 0. The summed E-state index contributed by atoms with van der Waals surface area (Å²) in [4.78, 5) is 15.2. The second-order valence-corrected chi connectivity index (χ2v) is 7.38. The van der Waals surface area contributed by atoms with E-state index < -0.39 is 0 Å². The van der Waals surface area contributed by atoms with Crippen LogP contribution in [0, 0.1) is 0 Å². The largest absolute Gasteiger partial charge is 0.295 e. The van der Waals surface area contributed by atoms with Crippen molar-refractivity contribution in [3.63, 3.8) is 0 Å². The molecule has 3 rings (SSSR count). The van der Waals surface area contributed by atoms with Gasteiger partial charge in [0.1, 0.15) is 0 Å². The molecule has 3 heteroatoms. The van der Waals surface area contributed by atoms with Crippen LogP contribution in [0.3, 0.4) is 0 Å². The number of carbonyl (C=O) groups excluding carboxylic acids is 1. The molecular formula is C25H24ClNO. The molecule has 0 N–H and O–H groups in total. The average Bonchev–Trinajstić information content (AvgIpc) is 2.73. The van der Waals surface area contributed by atoms with Crippen molar-refractivity contribution in [1.82, 2.24) is 4.90 Å². The highest BCUT2D eigenvalue weighted by atomic mass is 35.5. The Morgan fingerprint density at radius 2 is 1.50 bits per heavy atom. The normalized spacial score (nSPS) is 12.0. The van der Waals surface area contributed by atoms with Gasteiger partial charge in [-0.2, -0.15) is 0 Å². The summed E-state index contributed by atoms with van der Waals surface area (Å²) in [5, 5.41) is 0.688. The van der Waals surface area contributed by atoms with E-state index in [-0.39, 0.29) is 11.8 Å². The standard InChI is InChI=1S/C25H24ClNO/c1-19(21-11-7-4-8-12-21)25(28)17-24(22-13-15-23(26)16-14-22)27(2)18-20-9-5-3-6-10-20/h3-16,24H,1,17-18H2,2H3/t24-/m0/s1. The van der Waals surface area contributed by atoms with Gasteiger partial charge in [-0.05, 0) is 35.9 Å². The van der Waals surface area contributed by atoms with Crippen LogP contribution >= 0.6 is 11.6 Å². The van der Waals surface area contributed by atoms with Gasteiger partial charge in [-0.1, -0.05) is 91.0 Å². The van der Waals surface area contributed by atoms with Crippen molar-refractivity contribution in [2.24, 2.45) is 0 Å². The summed E-state index contributed by atoms with van der Waals surface area (Å²) in [5.41, 5.74) is 3.69. The van der Waals surface area contributed by atoms with Gasteiger partial charge in [0.2, 0.25) is 0 Å². The molecule has 0 unspecified atom stereocenters. The molecular weight excluding hydrogens is 366 g/mol. The second kappa shape index (κ2) is 9.50. The first-order chi connectivity index (χ1) is 13.5. The maximum atomic E-state index is 13.0. The summed E-state index contributed by atoms with van der Waals surface area (Å²) in [7, 11) is 2.05. The molecule has 3 aromatic carbocycles. The molecule has 28 heavy (non-hydrogen) atoms. The monoisotopic (exact) mass is 389 g/mol. The quantitative estimate of drug-likeness (QED) is 0.428. The van der Waals surface area contributed by atoms with Gasteiger partial charge in [-0.15, -0.1) is 0 Å². The molecule has 0 aliphatic carbocycles. The Morgan fingerprint density at radius 3 is 2.11 bits per heavy atom. The lowest BCUT2D eigenvalue weighted by Gasteiger charge is -2.28. The Hall–Kier alpha value is -2.68. The Bertz CT molecular complexity index is 920. The Kier molecular flexibility index (Phi) is 6.80. The molecule has 0 aliphatic rings. The minimum absolute atomic E-state index is 0.0473. The number of rotatable bonds is 8. The van der Waals surface area contributed by atoms with Gasteiger partial charge in [-0.3, -0.25) is 9.69 Å². The molecule has 0 aliphatic heterocycles. The number of benzene rings is 3. The van der Waals surface area contributed by atoms with Gasteiger partial charge >= 0.3 is 0 Å². The van der Waals surface area contributed by atoms with Gasteiger partial charge in [0.25, 0.3) is 0 Å². The van der Waals surface area contributed by atoms with Crippen LogP contribution in [0.25, 0.3) is 5.57 Å². The van der Waals surface area contributed by atoms with Crippen LogP contribution in [0.5, 0.6) is 0 Å². The summed E-state index contributed by atoms with van der Waals surface area (Å²) in [5.74, 6) is 0.0473. The molecule has 1 atom stereocenters. The van der Waals surface area contributed by atoms with E-state index in [4.69, 9.17) is 11.6 Å². The maximum Gasteiger partial charge on any atom is 0.164 e. The summed E-state index contributed by atoms with van der Waals surface area (Å²) >= 11 is 6.07. The van der Waals surface area contributed by atoms with E-state index in [1.165, 1.54) is 5.56 Å². The van der Waals surface area contributed by atoms with Crippen LogP contribution < -0.4 is 0 Å². The van der Waals surface area contributed by atoms with E-state index in [0.29, 0.717) is 17.0 Å². The van der Waals surface area contributed by atoms with Crippen molar-refractivity contribution < 1.29 is 4.79 Å². The van der Waals surface area contributed by atoms with Crippen LogP contribution in [0.4, 0.5) is 0 Å². The van der Waals surface area contributed by atoms with E-state index in [0.717, 1.165) is 17.7 Å². The van der Waals surface area contributed by atoms with Gasteiger partial charge in [0, 0.05) is 29.6 Å². The summed E-state index contributed by atoms with van der Waals surface area (Å²) < 4.78 is 0. The number of hydrogen-bond acceptors (Lipinski definition) is 2. The maximum absolute atomic E-state index is 13.0. The van der Waals surface area contributed by atoms with Crippen LogP contribution in [-0.4, -0.2) is 17.7 Å². The molecule has 0 saturated carbocycles. The number of ketones is 1. The molecule has 0 aromatic heterocycles. The molecule has 0 radical (unpaired) electrons. The fourth-order valence-corrected chi connectivity index (χ4v) is 3.42. The first-order valence-corrected chi connectivity index (χ1v) is 9.69. The fraction of sp³-hybridized carbons (Fsp3) is 0.160. The number of carbonyl (C=O) groups is 1. The third-order valence-corrected chi connectivity index (χ3v) is 5.15. The van der Waals surface area contributed by atoms with Crippen LogP contribution in [0.1, 0.15) is 29.2 Å². The van der Waals surface area contributed by atoms with Crippen LogP contribution in [0.2, 0.25) is 5.02 Å². The molecule has 0 saturated heterocycles. The predicted molar refractivity (Wildman–Crippen MR) is 117 cm³/mol. The molecule has 2 nitrogen and oxygen atoms in total. The third-order valence-electron chi connectivity index (χ3n) is 4.90. The van der Waals surface area contributed by atoms with Crippen molar-refractivity contribution in [1.29, 1.82) is 0 Å². The molecule has 3 aromatic rings. The molecule has 0 amide bonds. The lowest BCUT2D eigenvalue weighted by molar-refractivity contribution is -0.114. The van der Waals surface area contributed by atoms with Crippen LogP contribution in [-0.2, 0) is 11.3 Å². The van der Waals surface area contributed by atoms with Gasteiger partial charge in [0.05, 0.1) is 0 Å². The SMILES string of the molecule is C=C(C(=O)C[C@@H](c1ccc(Cl)cc1)N(C)Cc1ccccc1)c1ccccc1. The van der Waals surface area contributed by atoms with E-state index in [1.807, 2.05) is 79.8 Å². The summed E-state index contributed by atoms with van der Waals surface area (Å²) in [6.07, 6.45) is 0.360. The lowest BCUT2D eigenvalue weighted by Crippen LogP contribution is -2.26. The van der Waals surface area contributed by atoms with Crippen molar-refractivity contribution in [2.45, 2.75) is 19.0 Å². The fourth-order valence-electron chi connectivity index (χ4n) is 3.29. The zero-order chi connectivity index (χ0) is 19.9. The average molecular weight is 390 g/mol. The third kappa shape index (κ3) is 5.19. The summed E-state index contributed by atoms with van der Waals surface area (Å²) in [6.45, 7) is 4.79. The predicted octanol–water partition coefficient (Wildman–Crippen LogP) is 6.19. The summed E-state index contributed by atoms with van der Waals surface area (Å²) in [6, 6.07) is 27.6. The highest BCUT2D eigenvalue weighted by molar-refractivity contribution is 6.30. The van der Waals surface area contributed by atoms with Crippen molar-refractivity contribution in [3.05, 3.63) is 113 Å². The van der Waals surface area contributed by atoms with Crippen molar-refractivity contribution in [2.75, 3.05) is 7.05 Å². The number of Topliss-reactive ketones (excluding diaryl/α,β-unsaturated/α-hetero) is 1. The Balaban J connectivity index is 1.82. The van der Waals surface area contributed by atoms with E-state index in [9.17, 15) is 4.79 Å². The molecule has 0 spiro atoms. The number of allylic oxidation sites excluding steroid dienone is 1. The van der Waals surface area contributed by atoms with Crippen LogP contribution in [0.15, 0.2) is 91.5 Å². The number of halogens is 1. The van der Waals surface area contributed by atoms with Gasteiger partial charge in [0.15, 0.2) is 5.78 Å². The molecule has 0 heterocycles. The van der Waals surface area contributed by atoms with E-state index in [2.05, 4.69) is 23.6 Å². The Labute approximate surface area is 172 Å². The Morgan fingerprint density at radius 1 is 0.929 bits per heavy atom. The van der Waals surface area contributed by atoms with E-state index >= 15 is 0 Å². The van der Waals surface area contributed by atoms with E-state index in [1.54, 1.807) is 0 Å². The van der Waals surface area contributed by atoms with Crippen molar-refractivity contribution >= 4 is 23.0 Å². The topological polar surface area (TPSA) is 20.3 Å². The molecule has 0 fully saturated rings. The zero-order valence-electron chi connectivity index (χ0n) is 16.0.